The fraction of sp³-hybridized carbons (Fsp3) is 0.421. The summed E-state index contributed by atoms with van der Waals surface area (Å²) >= 11 is 0. The second-order valence-corrected chi connectivity index (χ2v) is 6.30. The number of hydrogen-bond acceptors (Lipinski definition) is 5. The molecule has 4 rings (SSSR count). The molecular weight excluding hydrogens is 316 g/mol. The number of hydrogen-bond donors (Lipinski definition) is 0. The van der Waals surface area contributed by atoms with Gasteiger partial charge < -0.3 is 14.0 Å². The van der Waals surface area contributed by atoms with E-state index in [0.717, 1.165) is 49.4 Å². The largest absolute Gasteiger partial charge is 0.490 e. The highest BCUT2D eigenvalue weighted by molar-refractivity contribution is 5.89. The Kier molecular flexibility index (Phi) is 4.38. The topological polar surface area (TPSA) is 73.0 Å². The average molecular weight is 336 g/mol. The summed E-state index contributed by atoms with van der Waals surface area (Å²) in [6.07, 6.45) is 7.00. The molecule has 1 aromatic carbocycles. The van der Waals surface area contributed by atoms with E-state index in [0.29, 0.717) is 30.4 Å². The van der Waals surface area contributed by atoms with Crippen LogP contribution in [0.15, 0.2) is 18.2 Å². The van der Waals surface area contributed by atoms with Gasteiger partial charge in [-0.1, -0.05) is 18.6 Å². The van der Waals surface area contributed by atoms with E-state index in [9.17, 15) is 5.26 Å². The lowest BCUT2D eigenvalue weighted by molar-refractivity contribution is 0.296. The van der Waals surface area contributed by atoms with Crippen molar-refractivity contribution in [3.8, 4) is 17.6 Å². The van der Waals surface area contributed by atoms with Gasteiger partial charge in [-0.15, -0.1) is 10.2 Å². The summed E-state index contributed by atoms with van der Waals surface area (Å²) in [5.41, 5.74) is 1.34. The molecule has 0 aliphatic carbocycles. The van der Waals surface area contributed by atoms with Gasteiger partial charge in [0.25, 0.3) is 0 Å². The smallest absolute Gasteiger partial charge is 0.174 e. The molecule has 6 heteroatoms. The van der Waals surface area contributed by atoms with Crippen molar-refractivity contribution in [2.45, 2.75) is 38.6 Å². The molecule has 0 spiro atoms. The lowest BCUT2D eigenvalue weighted by Crippen LogP contribution is -2.05. The molecule has 1 aromatic heterocycles. The Hall–Kier alpha value is -2.81. The van der Waals surface area contributed by atoms with Crippen LogP contribution in [0.5, 0.6) is 11.5 Å². The number of aryl methyl sites for hydroxylation is 1. The molecule has 0 N–H and O–H groups in total. The van der Waals surface area contributed by atoms with Gasteiger partial charge in [0.15, 0.2) is 17.3 Å². The number of benzene rings is 1. The number of nitriles is 1. The number of nitrogens with zero attached hydrogens (tertiary/aromatic N) is 4. The summed E-state index contributed by atoms with van der Waals surface area (Å²) in [5, 5.41) is 18.3. The Morgan fingerprint density at radius 1 is 1.12 bits per heavy atom. The minimum absolute atomic E-state index is 0.502. The lowest BCUT2D eigenvalue weighted by atomic mass is 10.1. The molecule has 0 saturated heterocycles. The third-order valence-electron chi connectivity index (χ3n) is 4.57. The van der Waals surface area contributed by atoms with E-state index < -0.39 is 0 Å². The zero-order chi connectivity index (χ0) is 17.1. The predicted octanol–water partition coefficient (Wildman–Crippen LogP) is 3.23. The first-order valence-corrected chi connectivity index (χ1v) is 8.79. The van der Waals surface area contributed by atoms with Crippen molar-refractivity contribution in [1.29, 1.82) is 5.26 Å². The molecular formula is C19H20N4O2. The van der Waals surface area contributed by atoms with Crippen LogP contribution >= 0.6 is 0 Å². The summed E-state index contributed by atoms with van der Waals surface area (Å²) in [6, 6.07) is 8.03. The molecule has 0 saturated carbocycles. The fourth-order valence-electron chi connectivity index (χ4n) is 3.32. The molecule has 25 heavy (non-hydrogen) atoms. The lowest BCUT2D eigenvalue weighted by Gasteiger charge is -2.10. The van der Waals surface area contributed by atoms with Gasteiger partial charge in [-0.05, 0) is 25.0 Å². The van der Waals surface area contributed by atoms with Crippen LogP contribution in [0.4, 0.5) is 0 Å². The standard InChI is InChI=1S/C19H20N4O2/c20-13-15(19-22-21-17-8-2-1-3-9-23(17)19)12-14-6-4-7-16-18(14)25-11-5-10-24-16/h4,6-7,12H,1-3,5,8-11H2/b15-12-. The van der Waals surface area contributed by atoms with Crippen molar-refractivity contribution in [3.63, 3.8) is 0 Å². The van der Waals surface area contributed by atoms with Gasteiger partial charge >= 0.3 is 0 Å². The normalized spacial score (nSPS) is 17.2. The first kappa shape index (κ1) is 15.7. The summed E-state index contributed by atoms with van der Waals surface area (Å²) in [7, 11) is 0. The molecule has 6 nitrogen and oxygen atoms in total. The molecule has 0 fully saturated rings. The Labute approximate surface area is 146 Å². The maximum atomic E-state index is 9.72. The van der Waals surface area contributed by atoms with Crippen molar-refractivity contribution in [3.05, 3.63) is 35.4 Å². The van der Waals surface area contributed by atoms with E-state index in [2.05, 4.69) is 20.8 Å². The highest BCUT2D eigenvalue weighted by Crippen LogP contribution is 2.35. The number of rotatable bonds is 2. The van der Waals surface area contributed by atoms with Crippen LogP contribution in [-0.4, -0.2) is 28.0 Å². The molecule has 2 aliphatic rings. The van der Waals surface area contributed by atoms with Gasteiger partial charge in [0.1, 0.15) is 11.9 Å². The highest BCUT2D eigenvalue weighted by Gasteiger charge is 2.19. The van der Waals surface area contributed by atoms with Crippen molar-refractivity contribution in [2.75, 3.05) is 13.2 Å². The van der Waals surface area contributed by atoms with Crippen LogP contribution < -0.4 is 9.47 Å². The molecule has 2 aromatic rings. The van der Waals surface area contributed by atoms with Crippen LogP contribution in [-0.2, 0) is 13.0 Å². The van der Waals surface area contributed by atoms with Crippen molar-refractivity contribution in [1.82, 2.24) is 14.8 Å². The second-order valence-electron chi connectivity index (χ2n) is 6.30. The zero-order valence-electron chi connectivity index (χ0n) is 14.1. The number of allylic oxidation sites excluding steroid dienone is 1. The van der Waals surface area contributed by atoms with Gasteiger partial charge in [-0.2, -0.15) is 5.26 Å². The molecule has 3 heterocycles. The average Bonchev–Trinajstić information content (AvgIpc) is 2.83. The Balaban J connectivity index is 1.76. The van der Waals surface area contributed by atoms with E-state index >= 15 is 0 Å². The van der Waals surface area contributed by atoms with Crippen LogP contribution in [0.1, 0.15) is 42.9 Å². The molecule has 2 aliphatic heterocycles. The summed E-state index contributed by atoms with van der Waals surface area (Å²) in [6.45, 7) is 2.12. The first-order chi connectivity index (χ1) is 12.4. The van der Waals surface area contributed by atoms with Crippen molar-refractivity contribution < 1.29 is 9.47 Å². The Bertz CT molecular complexity index is 848. The molecule has 0 atom stereocenters. The van der Waals surface area contributed by atoms with Gasteiger partial charge in [-0.25, -0.2) is 0 Å². The molecule has 0 bridgehead atoms. The van der Waals surface area contributed by atoms with Crippen molar-refractivity contribution in [2.24, 2.45) is 0 Å². The zero-order valence-corrected chi connectivity index (χ0v) is 14.1. The van der Waals surface area contributed by atoms with E-state index in [1.807, 2.05) is 24.3 Å². The first-order valence-electron chi connectivity index (χ1n) is 8.79. The van der Waals surface area contributed by atoms with E-state index in [1.165, 1.54) is 6.42 Å². The number of aromatic nitrogens is 3. The fourth-order valence-corrected chi connectivity index (χ4v) is 3.32. The van der Waals surface area contributed by atoms with Gasteiger partial charge in [0.2, 0.25) is 0 Å². The van der Waals surface area contributed by atoms with Crippen LogP contribution in [0, 0.1) is 11.3 Å². The third-order valence-corrected chi connectivity index (χ3v) is 4.57. The summed E-state index contributed by atoms with van der Waals surface area (Å²) in [4.78, 5) is 0. The predicted molar refractivity (Wildman–Crippen MR) is 93.1 cm³/mol. The maximum Gasteiger partial charge on any atom is 0.174 e. The summed E-state index contributed by atoms with van der Waals surface area (Å²) in [5.74, 6) is 3.04. The Morgan fingerprint density at radius 3 is 2.96 bits per heavy atom. The van der Waals surface area contributed by atoms with Crippen LogP contribution in [0.3, 0.4) is 0 Å². The number of para-hydroxylation sites is 1. The van der Waals surface area contributed by atoms with E-state index in [4.69, 9.17) is 9.47 Å². The number of fused-ring (bicyclic) bond motifs is 2. The van der Waals surface area contributed by atoms with Crippen molar-refractivity contribution >= 4 is 11.6 Å². The number of ether oxygens (including phenoxy) is 2. The minimum atomic E-state index is 0.502. The molecule has 0 amide bonds. The summed E-state index contributed by atoms with van der Waals surface area (Å²) < 4.78 is 13.7. The highest BCUT2D eigenvalue weighted by atomic mass is 16.5. The third kappa shape index (κ3) is 3.10. The molecule has 128 valence electrons. The SMILES string of the molecule is N#C/C(=C/c1cccc2c1OCCCO2)c1nnc2n1CCCCC2. The van der Waals surface area contributed by atoms with Gasteiger partial charge in [0, 0.05) is 24.9 Å². The van der Waals surface area contributed by atoms with Gasteiger partial charge in [0.05, 0.1) is 18.8 Å². The molecule has 0 unspecified atom stereocenters. The molecule has 0 radical (unpaired) electrons. The monoisotopic (exact) mass is 336 g/mol. The van der Waals surface area contributed by atoms with E-state index in [-0.39, 0.29) is 0 Å². The van der Waals surface area contributed by atoms with Crippen LogP contribution in [0.25, 0.3) is 11.6 Å². The Morgan fingerprint density at radius 2 is 2.04 bits per heavy atom. The maximum absolute atomic E-state index is 9.72. The quantitative estimate of drug-likeness (QED) is 0.787. The van der Waals surface area contributed by atoms with E-state index in [1.54, 1.807) is 0 Å². The van der Waals surface area contributed by atoms with Gasteiger partial charge in [-0.3, -0.25) is 0 Å². The second kappa shape index (κ2) is 6.98. The van der Waals surface area contributed by atoms with Crippen LogP contribution in [0.2, 0.25) is 0 Å². The minimum Gasteiger partial charge on any atom is -0.490 e.